The lowest BCUT2D eigenvalue weighted by atomic mass is 9.57. The van der Waals surface area contributed by atoms with E-state index in [2.05, 4.69) is 26.1 Å². The largest absolute Gasteiger partial charge is 0.316 e. The standard InChI is InChI=1S/C16H24FN/c1-12(2)10-18-11-16(9-8-13(16)3)14-4-6-15(17)7-5-14/h4-7,12-13,18H,8-11H2,1-3H3. The normalized spacial score (nSPS) is 27.3. The van der Waals surface area contributed by atoms with E-state index in [1.54, 1.807) is 12.1 Å². The second-order valence-corrected chi connectivity index (χ2v) is 6.13. The van der Waals surface area contributed by atoms with Gasteiger partial charge < -0.3 is 5.32 Å². The van der Waals surface area contributed by atoms with Crippen LogP contribution in [0.2, 0.25) is 0 Å². The van der Waals surface area contributed by atoms with E-state index in [-0.39, 0.29) is 11.2 Å². The average Bonchev–Trinajstić information content (AvgIpc) is 2.34. The maximum absolute atomic E-state index is 13.0. The van der Waals surface area contributed by atoms with E-state index in [0.29, 0.717) is 11.8 Å². The molecule has 0 radical (unpaired) electrons. The Morgan fingerprint density at radius 1 is 1.33 bits per heavy atom. The summed E-state index contributed by atoms with van der Waals surface area (Å²) in [6.45, 7) is 8.82. The van der Waals surface area contributed by atoms with Crippen molar-refractivity contribution in [2.24, 2.45) is 11.8 Å². The summed E-state index contributed by atoms with van der Waals surface area (Å²) >= 11 is 0. The summed E-state index contributed by atoms with van der Waals surface area (Å²) in [5.74, 6) is 1.21. The van der Waals surface area contributed by atoms with Crippen molar-refractivity contribution in [3.8, 4) is 0 Å². The molecule has 1 aliphatic carbocycles. The van der Waals surface area contributed by atoms with Crippen LogP contribution in [-0.4, -0.2) is 13.1 Å². The molecule has 18 heavy (non-hydrogen) atoms. The van der Waals surface area contributed by atoms with Crippen LogP contribution in [0.1, 0.15) is 39.2 Å². The van der Waals surface area contributed by atoms with Crippen molar-refractivity contribution in [1.82, 2.24) is 5.32 Å². The summed E-state index contributed by atoms with van der Waals surface area (Å²) in [5.41, 5.74) is 1.52. The molecular weight excluding hydrogens is 225 g/mol. The van der Waals surface area contributed by atoms with Crippen LogP contribution in [0.25, 0.3) is 0 Å². The zero-order valence-corrected chi connectivity index (χ0v) is 11.7. The molecule has 0 spiro atoms. The Labute approximate surface area is 110 Å². The highest BCUT2D eigenvalue weighted by Gasteiger charge is 2.44. The predicted molar refractivity (Wildman–Crippen MR) is 74.2 cm³/mol. The summed E-state index contributed by atoms with van der Waals surface area (Å²) in [6, 6.07) is 7.10. The zero-order chi connectivity index (χ0) is 13.2. The Hall–Kier alpha value is -0.890. The summed E-state index contributed by atoms with van der Waals surface area (Å²) in [4.78, 5) is 0. The third-order valence-corrected chi connectivity index (χ3v) is 4.38. The second kappa shape index (κ2) is 5.40. The minimum absolute atomic E-state index is 0.143. The lowest BCUT2D eigenvalue weighted by molar-refractivity contribution is 0.133. The number of hydrogen-bond acceptors (Lipinski definition) is 1. The zero-order valence-electron chi connectivity index (χ0n) is 11.7. The minimum atomic E-state index is -0.143. The highest BCUT2D eigenvalue weighted by Crippen LogP contribution is 2.48. The third kappa shape index (κ3) is 2.59. The van der Waals surface area contributed by atoms with Crippen LogP contribution >= 0.6 is 0 Å². The van der Waals surface area contributed by atoms with E-state index in [9.17, 15) is 4.39 Å². The van der Waals surface area contributed by atoms with Gasteiger partial charge in [0.2, 0.25) is 0 Å². The van der Waals surface area contributed by atoms with Crippen molar-refractivity contribution >= 4 is 0 Å². The highest BCUT2D eigenvalue weighted by atomic mass is 19.1. The monoisotopic (exact) mass is 249 g/mol. The lowest BCUT2D eigenvalue weighted by Gasteiger charge is -2.49. The fourth-order valence-corrected chi connectivity index (χ4v) is 2.94. The van der Waals surface area contributed by atoms with Crippen molar-refractivity contribution < 1.29 is 4.39 Å². The van der Waals surface area contributed by atoms with Crippen molar-refractivity contribution in [1.29, 1.82) is 0 Å². The van der Waals surface area contributed by atoms with Gasteiger partial charge in [-0.1, -0.05) is 32.9 Å². The number of rotatable bonds is 5. The molecular formula is C16H24FN. The quantitative estimate of drug-likeness (QED) is 0.838. The van der Waals surface area contributed by atoms with Crippen molar-refractivity contribution in [3.63, 3.8) is 0 Å². The first-order valence-electron chi connectivity index (χ1n) is 7.01. The van der Waals surface area contributed by atoms with Gasteiger partial charge >= 0.3 is 0 Å². The summed E-state index contributed by atoms with van der Waals surface area (Å²) < 4.78 is 13.0. The molecule has 1 aromatic rings. The average molecular weight is 249 g/mol. The highest BCUT2D eigenvalue weighted by molar-refractivity contribution is 5.30. The molecule has 1 N–H and O–H groups in total. The van der Waals surface area contributed by atoms with Crippen LogP contribution in [0.5, 0.6) is 0 Å². The first kappa shape index (κ1) is 13.5. The van der Waals surface area contributed by atoms with Gasteiger partial charge in [0.1, 0.15) is 5.82 Å². The molecule has 1 nitrogen and oxygen atoms in total. The van der Waals surface area contributed by atoms with Crippen LogP contribution in [0.4, 0.5) is 4.39 Å². The maximum atomic E-state index is 13.0. The Bertz CT molecular complexity index is 385. The van der Waals surface area contributed by atoms with E-state index in [1.807, 2.05) is 12.1 Å². The molecule has 2 atom stereocenters. The van der Waals surface area contributed by atoms with Gasteiger partial charge in [-0.2, -0.15) is 0 Å². The molecule has 2 rings (SSSR count). The fraction of sp³-hybridized carbons (Fsp3) is 0.625. The predicted octanol–water partition coefficient (Wildman–Crippen LogP) is 3.74. The summed E-state index contributed by atoms with van der Waals surface area (Å²) in [6.07, 6.45) is 2.49. The molecule has 2 heteroatoms. The maximum Gasteiger partial charge on any atom is 0.123 e. The van der Waals surface area contributed by atoms with E-state index < -0.39 is 0 Å². The fourth-order valence-electron chi connectivity index (χ4n) is 2.94. The molecule has 2 unspecified atom stereocenters. The molecule has 100 valence electrons. The molecule has 0 heterocycles. The van der Waals surface area contributed by atoms with E-state index in [0.717, 1.165) is 13.1 Å². The Morgan fingerprint density at radius 3 is 2.44 bits per heavy atom. The topological polar surface area (TPSA) is 12.0 Å². The number of halogens is 1. The van der Waals surface area contributed by atoms with E-state index >= 15 is 0 Å². The van der Waals surface area contributed by atoms with Crippen molar-refractivity contribution in [3.05, 3.63) is 35.6 Å². The molecule has 0 bridgehead atoms. The van der Waals surface area contributed by atoms with Crippen molar-refractivity contribution in [2.45, 2.75) is 39.0 Å². The van der Waals surface area contributed by atoms with Crippen LogP contribution in [0.3, 0.4) is 0 Å². The van der Waals surface area contributed by atoms with Crippen molar-refractivity contribution in [2.75, 3.05) is 13.1 Å². The second-order valence-electron chi connectivity index (χ2n) is 6.13. The molecule has 1 aliphatic rings. The van der Waals surface area contributed by atoms with Gasteiger partial charge in [-0.05, 0) is 48.9 Å². The van der Waals surface area contributed by atoms with Crippen LogP contribution in [-0.2, 0) is 5.41 Å². The van der Waals surface area contributed by atoms with Crippen LogP contribution in [0.15, 0.2) is 24.3 Å². The Balaban J connectivity index is 2.09. The molecule has 1 fully saturated rings. The van der Waals surface area contributed by atoms with E-state index in [1.165, 1.54) is 18.4 Å². The van der Waals surface area contributed by atoms with Gasteiger partial charge in [-0.15, -0.1) is 0 Å². The van der Waals surface area contributed by atoms with Gasteiger partial charge in [0.15, 0.2) is 0 Å². The smallest absolute Gasteiger partial charge is 0.123 e. The van der Waals surface area contributed by atoms with Crippen LogP contribution < -0.4 is 5.32 Å². The Morgan fingerprint density at radius 2 is 2.00 bits per heavy atom. The molecule has 0 saturated heterocycles. The third-order valence-electron chi connectivity index (χ3n) is 4.38. The molecule has 0 aliphatic heterocycles. The van der Waals surface area contributed by atoms with Gasteiger partial charge in [0.05, 0.1) is 0 Å². The van der Waals surface area contributed by atoms with Gasteiger partial charge in [-0.25, -0.2) is 4.39 Å². The Kier molecular flexibility index (Phi) is 4.06. The molecule has 0 amide bonds. The van der Waals surface area contributed by atoms with Gasteiger partial charge in [0, 0.05) is 12.0 Å². The number of hydrogen-bond donors (Lipinski definition) is 1. The van der Waals surface area contributed by atoms with E-state index in [4.69, 9.17) is 0 Å². The number of benzene rings is 1. The SMILES string of the molecule is CC(C)CNCC1(c2ccc(F)cc2)CCC1C. The summed E-state index contributed by atoms with van der Waals surface area (Å²) in [5, 5.41) is 3.58. The summed E-state index contributed by atoms with van der Waals surface area (Å²) in [7, 11) is 0. The minimum Gasteiger partial charge on any atom is -0.316 e. The molecule has 0 aromatic heterocycles. The number of nitrogens with one attached hydrogen (secondary N) is 1. The lowest BCUT2D eigenvalue weighted by Crippen LogP contribution is -2.50. The first-order chi connectivity index (χ1) is 8.54. The molecule has 1 saturated carbocycles. The van der Waals surface area contributed by atoms with Crippen LogP contribution in [0, 0.1) is 17.7 Å². The first-order valence-corrected chi connectivity index (χ1v) is 7.01. The van der Waals surface area contributed by atoms with Gasteiger partial charge in [0.25, 0.3) is 0 Å². The molecule has 1 aromatic carbocycles. The van der Waals surface area contributed by atoms with Gasteiger partial charge in [-0.3, -0.25) is 0 Å².